The average molecular weight is 432 g/mol. The Bertz CT molecular complexity index is 830. The van der Waals surface area contributed by atoms with Crippen LogP contribution >= 0.6 is 7.79 Å². The zero-order valence-electron chi connectivity index (χ0n) is 17.6. The number of esters is 1. The summed E-state index contributed by atoms with van der Waals surface area (Å²) in [5, 5.41) is 0.477. The third-order valence-corrected chi connectivity index (χ3v) is 8.80. The number of anilines is 2. The molecule has 162 valence electrons. The van der Waals surface area contributed by atoms with E-state index in [-0.39, 0.29) is 19.0 Å². The Morgan fingerprint density at radius 2 is 1.40 bits per heavy atom. The first-order valence-corrected chi connectivity index (χ1v) is 11.7. The second-order valence-electron chi connectivity index (χ2n) is 6.92. The SMILES string of the molecule is C=C(CC(=O)OCC)[PH]1(O)N(c2ccc(OC)cc2)CCN1c1ccc(OC)cc1. The maximum absolute atomic E-state index is 12.2. The molecule has 1 fully saturated rings. The Labute approximate surface area is 178 Å². The van der Waals surface area contributed by atoms with Gasteiger partial charge in [-0.05, 0) is 0 Å². The number of ether oxygens (including phenoxy) is 3. The molecule has 0 aromatic heterocycles. The Hall–Kier alpha value is -2.76. The molecule has 0 amide bonds. The molecule has 7 nitrogen and oxygen atoms in total. The van der Waals surface area contributed by atoms with E-state index in [0.29, 0.717) is 18.4 Å². The van der Waals surface area contributed by atoms with Crippen LogP contribution in [0.1, 0.15) is 13.3 Å². The Kier molecular flexibility index (Phi) is 6.85. The van der Waals surface area contributed by atoms with Crippen molar-refractivity contribution in [3.05, 3.63) is 60.4 Å². The summed E-state index contributed by atoms with van der Waals surface area (Å²) in [6, 6.07) is 15.1. The van der Waals surface area contributed by atoms with Crippen molar-refractivity contribution in [2.75, 3.05) is 43.3 Å². The summed E-state index contributed by atoms with van der Waals surface area (Å²) in [7, 11) is -0.260. The van der Waals surface area contributed by atoms with E-state index in [0.717, 1.165) is 22.9 Å². The van der Waals surface area contributed by atoms with Crippen LogP contribution in [0.4, 0.5) is 11.4 Å². The van der Waals surface area contributed by atoms with E-state index in [1.54, 1.807) is 21.1 Å². The number of hydrogen-bond donors (Lipinski definition) is 1. The topological polar surface area (TPSA) is 71.5 Å². The van der Waals surface area contributed by atoms with E-state index >= 15 is 0 Å². The maximum atomic E-state index is 12.2. The molecule has 8 heteroatoms. The van der Waals surface area contributed by atoms with Crippen molar-refractivity contribution in [1.29, 1.82) is 0 Å². The second kappa shape index (κ2) is 9.37. The van der Waals surface area contributed by atoms with Gasteiger partial charge in [-0.2, -0.15) is 0 Å². The predicted molar refractivity (Wildman–Crippen MR) is 122 cm³/mol. The molecule has 2 aromatic carbocycles. The number of rotatable bonds is 8. The first kappa shape index (κ1) is 21.9. The van der Waals surface area contributed by atoms with Gasteiger partial charge in [-0.1, -0.05) is 0 Å². The first-order chi connectivity index (χ1) is 14.4. The zero-order chi connectivity index (χ0) is 21.7. The quantitative estimate of drug-likeness (QED) is 0.500. The molecule has 0 atom stereocenters. The van der Waals surface area contributed by atoms with Crippen molar-refractivity contribution >= 4 is 25.1 Å². The molecule has 1 heterocycles. The predicted octanol–water partition coefficient (Wildman–Crippen LogP) is 3.98. The van der Waals surface area contributed by atoms with Crippen molar-refractivity contribution < 1.29 is 23.9 Å². The third-order valence-electron chi connectivity index (χ3n) is 5.21. The molecule has 0 aliphatic carbocycles. The molecule has 1 aliphatic rings. The van der Waals surface area contributed by atoms with Gasteiger partial charge in [-0.3, -0.25) is 0 Å². The summed E-state index contributed by atoms with van der Waals surface area (Å²) in [6.07, 6.45) is -0.0319. The molecule has 1 N–H and O–H groups in total. The molecule has 1 aliphatic heterocycles. The van der Waals surface area contributed by atoms with Crippen LogP contribution in [0.15, 0.2) is 60.4 Å². The van der Waals surface area contributed by atoms with Crippen molar-refractivity contribution in [1.82, 2.24) is 0 Å². The molecule has 0 spiro atoms. The van der Waals surface area contributed by atoms with Gasteiger partial charge in [0.15, 0.2) is 0 Å². The van der Waals surface area contributed by atoms with Gasteiger partial charge in [0.1, 0.15) is 0 Å². The van der Waals surface area contributed by atoms with Crippen LogP contribution in [-0.4, -0.2) is 44.8 Å². The van der Waals surface area contributed by atoms with Crippen LogP contribution in [0.2, 0.25) is 0 Å². The van der Waals surface area contributed by atoms with Crippen molar-refractivity contribution in [2.24, 2.45) is 0 Å². The average Bonchev–Trinajstić information content (AvgIpc) is 3.12. The molecule has 0 radical (unpaired) electrons. The van der Waals surface area contributed by atoms with Gasteiger partial charge in [0.05, 0.1) is 0 Å². The summed E-state index contributed by atoms with van der Waals surface area (Å²) in [6.45, 7) is 7.38. The molecular formula is C22H29N2O5P. The van der Waals surface area contributed by atoms with Crippen molar-refractivity contribution in [3.63, 3.8) is 0 Å². The minimum absolute atomic E-state index is 0.0319. The van der Waals surface area contributed by atoms with Gasteiger partial charge in [0, 0.05) is 0 Å². The monoisotopic (exact) mass is 432 g/mol. The van der Waals surface area contributed by atoms with Crippen LogP contribution in [0, 0.1) is 0 Å². The fourth-order valence-electron chi connectivity index (χ4n) is 3.69. The fraction of sp³-hybridized carbons (Fsp3) is 0.318. The van der Waals surface area contributed by atoms with E-state index in [9.17, 15) is 9.69 Å². The molecule has 30 heavy (non-hydrogen) atoms. The van der Waals surface area contributed by atoms with E-state index in [2.05, 4.69) is 6.58 Å². The first-order valence-electron chi connectivity index (χ1n) is 9.83. The molecular weight excluding hydrogens is 403 g/mol. The van der Waals surface area contributed by atoms with Crippen molar-refractivity contribution in [2.45, 2.75) is 13.3 Å². The van der Waals surface area contributed by atoms with Gasteiger partial charge in [0.25, 0.3) is 0 Å². The van der Waals surface area contributed by atoms with Crippen LogP contribution in [0.3, 0.4) is 0 Å². The summed E-state index contributed by atoms with van der Waals surface area (Å²) in [5.74, 6) is 1.08. The van der Waals surface area contributed by atoms with Gasteiger partial charge in [-0.15, -0.1) is 0 Å². The van der Waals surface area contributed by atoms with E-state index < -0.39 is 7.79 Å². The zero-order valence-corrected chi connectivity index (χ0v) is 18.6. The van der Waals surface area contributed by atoms with E-state index in [4.69, 9.17) is 14.2 Å². The fourth-order valence-corrected chi connectivity index (χ4v) is 6.96. The minimum atomic E-state index is -3.49. The Balaban J connectivity index is 1.98. The third kappa shape index (κ3) is 4.23. The molecule has 0 saturated carbocycles. The summed E-state index contributed by atoms with van der Waals surface area (Å²) >= 11 is 0. The standard InChI is InChI=1S/C22H29N2O5P/c1-5-29-22(25)16-17(2)30(26)23(18-6-10-20(27-3)11-7-18)14-15-24(30)19-8-12-21(28-4)13-9-19/h6-13,26,30H,2,5,14-16H2,1,3-4H3. The van der Waals surface area contributed by atoms with Crippen molar-refractivity contribution in [3.8, 4) is 11.5 Å². The molecule has 3 rings (SSSR count). The van der Waals surface area contributed by atoms with E-state index in [1.807, 2.05) is 57.9 Å². The Morgan fingerprint density at radius 1 is 0.967 bits per heavy atom. The van der Waals surface area contributed by atoms with Crippen LogP contribution < -0.4 is 18.8 Å². The normalized spacial score (nSPS) is 16.1. The second-order valence-corrected chi connectivity index (χ2v) is 9.98. The van der Waals surface area contributed by atoms with Gasteiger partial charge >= 0.3 is 178 Å². The summed E-state index contributed by atoms with van der Waals surface area (Å²) < 4.78 is 19.5. The van der Waals surface area contributed by atoms with E-state index in [1.165, 1.54) is 0 Å². The van der Waals surface area contributed by atoms with Crippen LogP contribution in [-0.2, 0) is 9.53 Å². The summed E-state index contributed by atoms with van der Waals surface area (Å²) in [4.78, 5) is 24.2. The molecule has 0 bridgehead atoms. The molecule has 0 unspecified atom stereocenters. The van der Waals surface area contributed by atoms with Gasteiger partial charge in [-0.25, -0.2) is 0 Å². The van der Waals surface area contributed by atoms with Gasteiger partial charge < -0.3 is 0 Å². The number of carbonyl (C=O) groups is 1. The molecule has 2 aromatic rings. The number of methoxy groups -OCH3 is 2. The van der Waals surface area contributed by atoms with Gasteiger partial charge in [0.2, 0.25) is 0 Å². The summed E-state index contributed by atoms with van der Waals surface area (Å²) in [5.41, 5.74) is 1.71. The molecule has 1 saturated heterocycles. The number of benzene rings is 2. The number of nitrogens with zero attached hydrogens (tertiary/aromatic N) is 2. The number of carbonyl (C=O) groups excluding carboxylic acids is 1. The van der Waals surface area contributed by atoms with Crippen LogP contribution in [0.25, 0.3) is 0 Å². The Morgan fingerprint density at radius 3 is 1.77 bits per heavy atom. The number of hydrogen-bond acceptors (Lipinski definition) is 7. The van der Waals surface area contributed by atoms with Crippen LogP contribution in [0.5, 0.6) is 11.5 Å².